The molecule has 2 nitrogen and oxygen atoms in total. The maximum atomic E-state index is 12.8. The van der Waals surface area contributed by atoms with Gasteiger partial charge >= 0.3 is 5.97 Å². The second-order valence-corrected chi connectivity index (χ2v) is 9.53. The predicted octanol–water partition coefficient (Wildman–Crippen LogP) is 6.24. The van der Waals surface area contributed by atoms with Crippen molar-refractivity contribution in [2.75, 3.05) is 0 Å². The number of hydrogen-bond acceptors (Lipinski definition) is 2. The van der Waals surface area contributed by atoms with Crippen LogP contribution in [0.25, 0.3) is 0 Å². The largest absolute Gasteiger partial charge is 0.426 e. The van der Waals surface area contributed by atoms with E-state index in [0.29, 0.717) is 11.8 Å². The van der Waals surface area contributed by atoms with E-state index in [0.717, 1.165) is 29.7 Å². The molecule has 2 unspecified atom stereocenters. The van der Waals surface area contributed by atoms with Gasteiger partial charge in [-0.2, -0.15) is 0 Å². The fourth-order valence-corrected chi connectivity index (χ4v) is 4.04. The van der Waals surface area contributed by atoms with Crippen LogP contribution in [-0.2, 0) is 9.53 Å². The van der Waals surface area contributed by atoms with Gasteiger partial charge in [0, 0.05) is 5.57 Å². The highest BCUT2D eigenvalue weighted by atomic mass is 16.5. The van der Waals surface area contributed by atoms with Gasteiger partial charge in [0.1, 0.15) is 11.7 Å². The van der Waals surface area contributed by atoms with Crippen LogP contribution in [0.5, 0.6) is 0 Å². The zero-order valence-corrected chi connectivity index (χ0v) is 17.3. The lowest BCUT2D eigenvalue weighted by atomic mass is 9.71. The number of carbonyl (C=O) groups is 1. The highest BCUT2D eigenvalue weighted by molar-refractivity contribution is 5.89. The molecule has 3 rings (SSSR count). The Hall–Kier alpha value is -1.83. The first kappa shape index (κ1) is 18.9. The van der Waals surface area contributed by atoms with E-state index in [1.54, 1.807) is 0 Å². The van der Waals surface area contributed by atoms with E-state index in [1.165, 1.54) is 16.7 Å². The second-order valence-electron chi connectivity index (χ2n) is 9.53. The summed E-state index contributed by atoms with van der Waals surface area (Å²) in [7, 11) is 0. The van der Waals surface area contributed by atoms with Crippen LogP contribution in [-0.4, -0.2) is 5.97 Å². The smallest absolute Gasteiger partial charge is 0.323 e. The normalized spacial score (nSPS) is 23.2. The molecule has 0 bridgehead atoms. The van der Waals surface area contributed by atoms with E-state index >= 15 is 0 Å². The summed E-state index contributed by atoms with van der Waals surface area (Å²) in [6.45, 7) is 15.5. The third kappa shape index (κ3) is 3.51. The molecule has 140 valence electrons. The Kier molecular flexibility index (Phi) is 4.90. The van der Waals surface area contributed by atoms with Crippen molar-refractivity contribution >= 4 is 5.97 Å². The maximum absolute atomic E-state index is 12.8. The molecule has 1 aliphatic heterocycles. The quantitative estimate of drug-likeness (QED) is 0.602. The van der Waals surface area contributed by atoms with Gasteiger partial charge in [0.2, 0.25) is 0 Å². The molecular weight excluding hydrogens is 320 g/mol. The summed E-state index contributed by atoms with van der Waals surface area (Å²) in [5.74, 6) is 1.45. The van der Waals surface area contributed by atoms with Gasteiger partial charge in [0.25, 0.3) is 0 Å². The van der Waals surface area contributed by atoms with Crippen LogP contribution >= 0.6 is 0 Å². The van der Waals surface area contributed by atoms with E-state index < -0.39 is 0 Å². The van der Waals surface area contributed by atoms with Crippen molar-refractivity contribution in [2.24, 2.45) is 17.3 Å². The zero-order chi connectivity index (χ0) is 19.2. The summed E-state index contributed by atoms with van der Waals surface area (Å²) in [4.78, 5) is 12.8. The molecule has 1 heterocycles. The molecule has 26 heavy (non-hydrogen) atoms. The standard InChI is InChI=1S/C24H32O2/c1-14(2)10-18-12-19(24(5,6)7)13-20-21(23(25)26-22(18)20)17-9-8-15(3)16(4)11-17/h8-9,11,13-14,19,21H,10,12H2,1-7H3. The van der Waals surface area contributed by atoms with Crippen molar-refractivity contribution in [3.63, 3.8) is 0 Å². The summed E-state index contributed by atoms with van der Waals surface area (Å²) < 4.78 is 5.85. The van der Waals surface area contributed by atoms with Crippen molar-refractivity contribution in [1.82, 2.24) is 0 Å². The van der Waals surface area contributed by atoms with Gasteiger partial charge in [-0.1, -0.05) is 58.9 Å². The van der Waals surface area contributed by atoms with Gasteiger partial charge in [-0.25, -0.2) is 0 Å². The first-order valence-electron chi connectivity index (χ1n) is 9.81. The van der Waals surface area contributed by atoms with E-state index in [4.69, 9.17) is 4.74 Å². The molecule has 2 atom stereocenters. The van der Waals surface area contributed by atoms with Gasteiger partial charge in [0.15, 0.2) is 0 Å². The number of aryl methyl sites for hydroxylation is 2. The molecule has 0 spiro atoms. The summed E-state index contributed by atoms with van der Waals surface area (Å²) in [6.07, 6.45) is 4.31. The molecule has 2 aliphatic rings. The van der Waals surface area contributed by atoms with E-state index in [2.05, 4.69) is 72.7 Å². The molecule has 1 fully saturated rings. The lowest BCUT2D eigenvalue weighted by molar-refractivity contribution is -0.136. The lowest BCUT2D eigenvalue weighted by Gasteiger charge is -2.33. The molecular formula is C24H32O2. The molecule has 0 amide bonds. The minimum absolute atomic E-state index is 0.120. The Labute approximate surface area is 158 Å². The highest BCUT2D eigenvalue weighted by Gasteiger charge is 2.43. The predicted molar refractivity (Wildman–Crippen MR) is 107 cm³/mol. The fraction of sp³-hybridized carbons (Fsp3) is 0.542. The number of benzene rings is 1. The van der Waals surface area contributed by atoms with Crippen molar-refractivity contribution in [2.45, 2.75) is 67.2 Å². The van der Waals surface area contributed by atoms with Crippen molar-refractivity contribution in [3.8, 4) is 0 Å². The van der Waals surface area contributed by atoms with E-state index in [9.17, 15) is 4.79 Å². The SMILES string of the molecule is Cc1ccc(C2C(=O)OC3=C(CC(C)C)CC(C(C)(C)C)C=C32)cc1C. The number of hydrogen-bond donors (Lipinski definition) is 0. The molecule has 1 aliphatic carbocycles. The number of carbonyl (C=O) groups excluding carboxylic acids is 1. The summed E-state index contributed by atoms with van der Waals surface area (Å²) >= 11 is 0. The van der Waals surface area contributed by atoms with Crippen LogP contribution in [0, 0.1) is 31.1 Å². The summed E-state index contributed by atoms with van der Waals surface area (Å²) in [5, 5.41) is 0. The molecule has 0 N–H and O–H groups in total. The number of ether oxygens (including phenoxy) is 1. The number of fused-ring (bicyclic) bond motifs is 1. The third-order valence-corrected chi connectivity index (χ3v) is 5.81. The Balaban J connectivity index is 2.10. The minimum atomic E-state index is -0.281. The average Bonchev–Trinajstić information content (AvgIpc) is 2.85. The zero-order valence-electron chi connectivity index (χ0n) is 17.3. The van der Waals surface area contributed by atoms with Gasteiger partial charge in [-0.15, -0.1) is 0 Å². The van der Waals surface area contributed by atoms with Gasteiger partial charge in [-0.3, -0.25) is 4.79 Å². The second kappa shape index (κ2) is 6.72. The molecule has 0 aromatic heterocycles. The van der Waals surface area contributed by atoms with Gasteiger partial charge in [0.05, 0.1) is 0 Å². The van der Waals surface area contributed by atoms with Crippen molar-refractivity contribution in [1.29, 1.82) is 0 Å². The maximum Gasteiger partial charge on any atom is 0.323 e. The molecule has 1 aromatic carbocycles. The van der Waals surface area contributed by atoms with E-state index in [1.807, 2.05) is 0 Å². The molecule has 1 saturated heterocycles. The van der Waals surface area contributed by atoms with Gasteiger partial charge < -0.3 is 4.74 Å². The van der Waals surface area contributed by atoms with Crippen LogP contribution in [0.4, 0.5) is 0 Å². The first-order chi connectivity index (χ1) is 12.1. The average molecular weight is 353 g/mol. The van der Waals surface area contributed by atoms with Crippen LogP contribution < -0.4 is 0 Å². The highest BCUT2D eigenvalue weighted by Crippen LogP contribution is 2.49. The molecule has 0 saturated carbocycles. The van der Waals surface area contributed by atoms with Crippen LogP contribution in [0.3, 0.4) is 0 Å². The molecule has 2 heteroatoms. The van der Waals surface area contributed by atoms with Gasteiger partial charge in [-0.05, 0) is 66.2 Å². The summed E-state index contributed by atoms with van der Waals surface area (Å²) in [6, 6.07) is 6.34. The Morgan fingerprint density at radius 3 is 2.42 bits per heavy atom. The third-order valence-electron chi connectivity index (χ3n) is 5.81. The topological polar surface area (TPSA) is 26.3 Å². The molecule has 0 radical (unpaired) electrons. The summed E-state index contributed by atoms with van der Waals surface area (Å²) in [5.41, 5.74) is 6.11. The Morgan fingerprint density at radius 1 is 1.15 bits per heavy atom. The fourth-order valence-electron chi connectivity index (χ4n) is 4.04. The van der Waals surface area contributed by atoms with Crippen LogP contribution in [0.2, 0.25) is 0 Å². The molecule has 1 aromatic rings. The monoisotopic (exact) mass is 352 g/mol. The number of rotatable bonds is 3. The Morgan fingerprint density at radius 2 is 1.85 bits per heavy atom. The first-order valence-corrected chi connectivity index (χ1v) is 9.81. The number of esters is 1. The van der Waals surface area contributed by atoms with E-state index in [-0.39, 0.29) is 17.3 Å². The minimum Gasteiger partial charge on any atom is -0.426 e. The van der Waals surface area contributed by atoms with Crippen LogP contribution in [0.1, 0.15) is 70.1 Å². The van der Waals surface area contributed by atoms with Crippen molar-refractivity contribution < 1.29 is 9.53 Å². The van der Waals surface area contributed by atoms with Crippen LogP contribution in [0.15, 0.2) is 41.2 Å². The number of allylic oxidation sites excluding steroid dienone is 3. The van der Waals surface area contributed by atoms with Crippen molar-refractivity contribution in [3.05, 3.63) is 57.9 Å². The Bertz CT molecular complexity index is 787. The lowest BCUT2D eigenvalue weighted by Crippen LogP contribution is -2.23.